The largest absolute Gasteiger partial charge is 0.497 e. The Hall–Kier alpha value is -3.09. The molecule has 5 nitrogen and oxygen atoms in total. The van der Waals surface area contributed by atoms with Gasteiger partial charge in [0, 0.05) is 6.08 Å². The topological polar surface area (TPSA) is 54.0 Å². The Bertz CT molecular complexity index is 757. The highest BCUT2D eigenvalue weighted by Crippen LogP contribution is 2.30. The highest BCUT2D eigenvalue weighted by atomic mass is 19.3. The van der Waals surface area contributed by atoms with Gasteiger partial charge in [-0.1, -0.05) is 6.07 Å². The normalized spacial score (nSPS) is 10.8. The summed E-state index contributed by atoms with van der Waals surface area (Å²) in [4.78, 5) is 11.9. The minimum atomic E-state index is -2.95. The van der Waals surface area contributed by atoms with E-state index in [4.69, 9.17) is 14.2 Å². The summed E-state index contributed by atoms with van der Waals surface area (Å²) in [5.74, 6) is 0.533. The van der Waals surface area contributed by atoms with E-state index in [1.165, 1.54) is 37.5 Å². The van der Waals surface area contributed by atoms with Crippen LogP contribution in [0.2, 0.25) is 0 Å². The van der Waals surface area contributed by atoms with Crippen LogP contribution in [0.1, 0.15) is 12.5 Å². The average Bonchev–Trinajstić information content (AvgIpc) is 2.62. The molecule has 26 heavy (non-hydrogen) atoms. The first-order valence-electron chi connectivity index (χ1n) is 7.77. The van der Waals surface area contributed by atoms with Crippen molar-refractivity contribution in [3.8, 4) is 23.0 Å². The number of hydrogen-bond acceptors (Lipinski definition) is 5. The molecule has 0 aromatic heterocycles. The van der Waals surface area contributed by atoms with Gasteiger partial charge in [0.1, 0.15) is 11.5 Å². The number of rotatable bonds is 8. The fourth-order valence-electron chi connectivity index (χ4n) is 2.05. The van der Waals surface area contributed by atoms with E-state index in [-0.39, 0.29) is 18.1 Å². The predicted molar refractivity (Wildman–Crippen MR) is 91.9 cm³/mol. The van der Waals surface area contributed by atoms with Crippen LogP contribution in [-0.4, -0.2) is 26.3 Å². The van der Waals surface area contributed by atoms with Crippen molar-refractivity contribution in [3.05, 3.63) is 54.1 Å². The third-order valence-corrected chi connectivity index (χ3v) is 3.17. The molecule has 0 fully saturated rings. The van der Waals surface area contributed by atoms with E-state index in [9.17, 15) is 13.6 Å². The first-order valence-corrected chi connectivity index (χ1v) is 7.77. The number of benzene rings is 2. The van der Waals surface area contributed by atoms with E-state index in [1.807, 2.05) is 0 Å². The molecule has 0 radical (unpaired) electrons. The Morgan fingerprint density at radius 2 is 1.77 bits per heavy atom. The van der Waals surface area contributed by atoms with Crippen LogP contribution in [0.15, 0.2) is 48.5 Å². The molecule has 0 saturated heterocycles. The molecule has 2 aromatic rings. The molecule has 7 heteroatoms. The van der Waals surface area contributed by atoms with Gasteiger partial charge in [-0.3, -0.25) is 0 Å². The first kappa shape index (κ1) is 19.2. The Kier molecular flexibility index (Phi) is 6.96. The van der Waals surface area contributed by atoms with Crippen molar-refractivity contribution >= 4 is 12.0 Å². The smallest absolute Gasteiger partial charge is 0.387 e. The third-order valence-electron chi connectivity index (χ3n) is 3.17. The number of esters is 1. The van der Waals surface area contributed by atoms with Crippen molar-refractivity contribution in [3.63, 3.8) is 0 Å². The predicted octanol–water partition coefficient (Wildman–Crippen LogP) is 4.31. The molecule has 0 saturated carbocycles. The molecule has 0 bridgehead atoms. The van der Waals surface area contributed by atoms with Gasteiger partial charge < -0.3 is 18.9 Å². The van der Waals surface area contributed by atoms with Gasteiger partial charge in [-0.2, -0.15) is 8.78 Å². The summed E-state index contributed by atoms with van der Waals surface area (Å²) in [6.45, 7) is -0.942. The van der Waals surface area contributed by atoms with Crippen molar-refractivity contribution in [1.82, 2.24) is 0 Å². The van der Waals surface area contributed by atoms with Crippen LogP contribution in [0.5, 0.6) is 23.0 Å². The SMILES string of the molecule is CCOc1cc(/C=C/C(=O)Oc2ccc(OC)cc2)ccc1OC(F)F. The van der Waals surface area contributed by atoms with Gasteiger partial charge >= 0.3 is 12.6 Å². The molecule has 2 rings (SSSR count). The molecule has 2 aromatic carbocycles. The molecular formula is C19H18F2O5. The van der Waals surface area contributed by atoms with Gasteiger partial charge in [0.25, 0.3) is 0 Å². The van der Waals surface area contributed by atoms with Gasteiger partial charge in [-0.25, -0.2) is 4.79 Å². The van der Waals surface area contributed by atoms with E-state index in [0.29, 0.717) is 17.1 Å². The van der Waals surface area contributed by atoms with Gasteiger partial charge in [0.15, 0.2) is 11.5 Å². The minimum Gasteiger partial charge on any atom is -0.497 e. The molecular weight excluding hydrogens is 346 g/mol. The number of carbonyl (C=O) groups is 1. The molecule has 0 aliphatic rings. The van der Waals surface area contributed by atoms with Crippen molar-refractivity contribution < 1.29 is 32.5 Å². The Labute approximate surface area is 149 Å². The van der Waals surface area contributed by atoms with Gasteiger partial charge in [-0.05, 0) is 55.0 Å². The monoisotopic (exact) mass is 364 g/mol. The summed E-state index contributed by atoms with van der Waals surface area (Å²) in [5, 5.41) is 0. The van der Waals surface area contributed by atoms with Crippen LogP contribution in [0.4, 0.5) is 8.78 Å². The molecule has 138 valence electrons. The van der Waals surface area contributed by atoms with Gasteiger partial charge in [0.05, 0.1) is 13.7 Å². The minimum absolute atomic E-state index is 0.0696. The molecule has 0 aliphatic heterocycles. The molecule has 0 atom stereocenters. The van der Waals surface area contributed by atoms with E-state index in [2.05, 4.69) is 4.74 Å². The second-order valence-electron chi connectivity index (χ2n) is 4.95. The standard InChI is InChI=1S/C19H18F2O5/c1-3-24-17-12-13(4-10-16(17)26-19(20)21)5-11-18(22)25-15-8-6-14(23-2)7-9-15/h4-12,19H,3H2,1-2H3/b11-5+. The molecule has 0 spiro atoms. The quantitative estimate of drug-likeness (QED) is 0.397. The number of methoxy groups -OCH3 is 1. The summed E-state index contributed by atoms with van der Waals surface area (Å²) in [6, 6.07) is 10.9. The lowest BCUT2D eigenvalue weighted by atomic mass is 10.2. The van der Waals surface area contributed by atoms with Crippen LogP contribution in [-0.2, 0) is 4.79 Å². The first-order chi connectivity index (χ1) is 12.5. The van der Waals surface area contributed by atoms with E-state index >= 15 is 0 Å². The summed E-state index contributed by atoms with van der Waals surface area (Å²) in [6.07, 6.45) is 2.71. The lowest BCUT2D eigenvalue weighted by molar-refractivity contribution is -0.128. The maximum atomic E-state index is 12.4. The van der Waals surface area contributed by atoms with E-state index < -0.39 is 12.6 Å². The van der Waals surface area contributed by atoms with Crippen LogP contribution >= 0.6 is 0 Å². The van der Waals surface area contributed by atoms with Crippen molar-refractivity contribution in [2.24, 2.45) is 0 Å². The molecule has 0 heterocycles. The average molecular weight is 364 g/mol. The molecule has 0 aliphatic carbocycles. The molecule has 0 unspecified atom stereocenters. The second-order valence-corrected chi connectivity index (χ2v) is 4.95. The zero-order valence-electron chi connectivity index (χ0n) is 14.3. The fourth-order valence-corrected chi connectivity index (χ4v) is 2.05. The zero-order valence-corrected chi connectivity index (χ0v) is 14.3. The lowest BCUT2D eigenvalue weighted by Crippen LogP contribution is -2.05. The van der Waals surface area contributed by atoms with Gasteiger partial charge in [0.2, 0.25) is 0 Å². The van der Waals surface area contributed by atoms with E-state index in [1.54, 1.807) is 31.2 Å². The second kappa shape index (κ2) is 9.41. The van der Waals surface area contributed by atoms with Crippen LogP contribution in [0.3, 0.4) is 0 Å². The number of ether oxygens (including phenoxy) is 4. The Morgan fingerprint density at radius 1 is 1.08 bits per heavy atom. The fraction of sp³-hybridized carbons (Fsp3) is 0.211. The molecule has 0 N–H and O–H groups in total. The maximum absolute atomic E-state index is 12.4. The lowest BCUT2D eigenvalue weighted by Gasteiger charge is -2.11. The number of alkyl halides is 2. The maximum Gasteiger partial charge on any atom is 0.387 e. The highest BCUT2D eigenvalue weighted by molar-refractivity contribution is 5.88. The number of halogens is 2. The Balaban J connectivity index is 2.05. The van der Waals surface area contributed by atoms with Gasteiger partial charge in [-0.15, -0.1) is 0 Å². The Morgan fingerprint density at radius 3 is 2.38 bits per heavy atom. The van der Waals surface area contributed by atoms with Crippen LogP contribution in [0.25, 0.3) is 6.08 Å². The number of hydrogen-bond donors (Lipinski definition) is 0. The van der Waals surface area contributed by atoms with Crippen LogP contribution < -0.4 is 18.9 Å². The van der Waals surface area contributed by atoms with E-state index in [0.717, 1.165) is 0 Å². The summed E-state index contributed by atoms with van der Waals surface area (Å²) in [7, 11) is 1.54. The molecule has 0 amide bonds. The number of carbonyl (C=O) groups excluding carboxylic acids is 1. The summed E-state index contributed by atoms with van der Waals surface area (Å²) < 4.78 is 44.6. The van der Waals surface area contributed by atoms with Crippen LogP contribution in [0, 0.1) is 0 Å². The summed E-state index contributed by atoms with van der Waals surface area (Å²) >= 11 is 0. The van der Waals surface area contributed by atoms with Crippen molar-refractivity contribution in [2.75, 3.05) is 13.7 Å². The summed E-state index contributed by atoms with van der Waals surface area (Å²) in [5.41, 5.74) is 0.571. The zero-order chi connectivity index (χ0) is 18.9. The highest BCUT2D eigenvalue weighted by Gasteiger charge is 2.11. The van der Waals surface area contributed by atoms with Crippen molar-refractivity contribution in [2.45, 2.75) is 13.5 Å². The van der Waals surface area contributed by atoms with Crippen molar-refractivity contribution in [1.29, 1.82) is 0 Å². The third kappa shape index (κ3) is 5.77.